The van der Waals surface area contributed by atoms with Crippen LogP contribution in [0.5, 0.6) is 0 Å². The highest BCUT2D eigenvalue weighted by Gasteiger charge is 2.66. The summed E-state index contributed by atoms with van der Waals surface area (Å²) < 4.78 is 134. The first-order chi connectivity index (χ1) is 12.8. The lowest BCUT2D eigenvalue weighted by atomic mass is 9.73. The predicted molar refractivity (Wildman–Crippen MR) is 105 cm³/mol. The van der Waals surface area contributed by atoms with E-state index in [0.29, 0.717) is 0 Å². The molecule has 0 aromatic heterocycles. The summed E-state index contributed by atoms with van der Waals surface area (Å²) in [6.07, 6.45) is 1.00. The first kappa shape index (κ1) is 27.6. The zero-order valence-corrected chi connectivity index (χ0v) is 17.9. The Balaban J connectivity index is 8.36. The van der Waals surface area contributed by atoms with Gasteiger partial charge in [-0.25, -0.2) is 0 Å². The monoisotopic (exact) mass is 496 g/mol. The van der Waals surface area contributed by atoms with Crippen molar-refractivity contribution in [3.05, 3.63) is 50.6 Å². The Morgan fingerprint density at radius 1 is 0.483 bits per heavy atom. The lowest BCUT2D eigenvalue weighted by Gasteiger charge is -2.47. The number of hydrogen-bond donors (Lipinski definition) is 4. The molecule has 4 atom stereocenters. The maximum atomic E-state index is 12.0. The standard InChI is InChI=1S/C13H20O12S4/c1-5-9(26(14,15)16)13(10(6-2)27(17,18)19,11(7-3)28(20,21)22)12(8-4)29(23,24)25/h5-12H,1-4H2,(H,14,15,16)(H,17,18,19)(H,20,21,22)(H,23,24,25). The minimum absolute atomic E-state index is 0.250. The van der Waals surface area contributed by atoms with Gasteiger partial charge in [-0.15, -0.1) is 26.3 Å². The van der Waals surface area contributed by atoms with Gasteiger partial charge in [0, 0.05) is 0 Å². The van der Waals surface area contributed by atoms with Gasteiger partial charge >= 0.3 is 0 Å². The summed E-state index contributed by atoms with van der Waals surface area (Å²) in [6, 6.07) is 0. The van der Waals surface area contributed by atoms with Gasteiger partial charge in [0.2, 0.25) is 0 Å². The van der Waals surface area contributed by atoms with Crippen LogP contribution in [0.3, 0.4) is 0 Å². The van der Waals surface area contributed by atoms with Gasteiger partial charge in [-0.2, -0.15) is 33.7 Å². The molecular weight excluding hydrogens is 476 g/mol. The summed E-state index contributed by atoms with van der Waals surface area (Å²) in [5.41, 5.74) is -3.52. The number of hydrogen-bond acceptors (Lipinski definition) is 8. The van der Waals surface area contributed by atoms with E-state index >= 15 is 0 Å². The van der Waals surface area contributed by atoms with Crippen LogP contribution >= 0.6 is 0 Å². The van der Waals surface area contributed by atoms with E-state index in [-0.39, 0.29) is 24.3 Å². The van der Waals surface area contributed by atoms with Crippen molar-refractivity contribution in [2.24, 2.45) is 5.41 Å². The van der Waals surface area contributed by atoms with Crippen LogP contribution in [0.25, 0.3) is 0 Å². The van der Waals surface area contributed by atoms with Crippen molar-refractivity contribution >= 4 is 40.5 Å². The van der Waals surface area contributed by atoms with Crippen molar-refractivity contribution in [2.45, 2.75) is 21.0 Å². The van der Waals surface area contributed by atoms with Crippen LogP contribution in [0.15, 0.2) is 50.6 Å². The fourth-order valence-electron chi connectivity index (χ4n) is 3.31. The van der Waals surface area contributed by atoms with Crippen LogP contribution in [0.1, 0.15) is 0 Å². The number of rotatable bonds is 12. The third kappa shape index (κ3) is 5.40. The van der Waals surface area contributed by atoms with Crippen molar-refractivity contribution in [2.75, 3.05) is 0 Å². The molecular formula is C13H20O12S4. The van der Waals surface area contributed by atoms with Gasteiger partial charge in [-0.1, -0.05) is 24.3 Å². The molecule has 12 nitrogen and oxygen atoms in total. The molecule has 0 spiro atoms. The summed E-state index contributed by atoms with van der Waals surface area (Å²) in [4.78, 5) is 0. The summed E-state index contributed by atoms with van der Waals surface area (Å²) in [5, 5.41) is -11.4. The smallest absolute Gasteiger partial charge is 0.272 e. The quantitative estimate of drug-likeness (QED) is 0.203. The highest BCUT2D eigenvalue weighted by atomic mass is 32.2. The van der Waals surface area contributed by atoms with Gasteiger partial charge in [-0.3, -0.25) is 18.2 Å². The fourth-order valence-corrected chi connectivity index (χ4v) is 8.62. The summed E-state index contributed by atoms with van der Waals surface area (Å²) in [6.45, 7) is 12.1. The third-order valence-corrected chi connectivity index (χ3v) is 9.08. The lowest BCUT2D eigenvalue weighted by Crippen LogP contribution is -2.65. The van der Waals surface area contributed by atoms with Crippen molar-refractivity contribution in [3.8, 4) is 0 Å². The van der Waals surface area contributed by atoms with E-state index in [1.807, 2.05) is 0 Å². The summed E-state index contributed by atoms with van der Waals surface area (Å²) in [7, 11) is -22.4. The average molecular weight is 497 g/mol. The molecule has 0 radical (unpaired) electrons. The molecule has 0 amide bonds. The minimum Gasteiger partial charge on any atom is -0.285 e. The molecule has 168 valence electrons. The molecule has 0 aliphatic carbocycles. The van der Waals surface area contributed by atoms with E-state index in [4.69, 9.17) is 0 Å². The lowest BCUT2D eigenvalue weighted by molar-refractivity contribution is 0.269. The molecule has 0 aliphatic heterocycles. The highest BCUT2D eigenvalue weighted by molar-refractivity contribution is 7.89. The van der Waals surface area contributed by atoms with E-state index in [9.17, 15) is 51.9 Å². The second-order valence-corrected chi connectivity index (χ2v) is 11.8. The van der Waals surface area contributed by atoms with Crippen LogP contribution < -0.4 is 0 Å². The maximum Gasteiger partial charge on any atom is 0.272 e. The molecule has 29 heavy (non-hydrogen) atoms. The Morgan fingerprint density at radius 3 is 0.690 bits per heavy atom. The van der Waals surface area contributed by atoms with E-state index in [1.54, 1.807) is 0 Å². The Morgan fingerprint density at radius 2 is 0.621 bits per heavy atom. The van der Waals surface area contributed by atoms with E-state index in [2.05, 4.69) is 26.3 Å². The SMILES string of the molecule is C=CC(C(C(C=C)S(=O)(=O)O)(C(C=C)S(=O)(=O)O)C(C=C)S(=O)(=O)O)S(=O)(=O)O. The molecule has 16 heteroatoms. The summed E-state index contributed by atoms with van der Waals surface area (Å²) in [5.74, 6) is 0. The Labute approximate surface area is 169 Å². The topological polar surface area (TPSA) is 217 Å². The highest BCUT2D eigenvalue weighted by Crippen LogP contribution is 2.48. The van der Waals surface area contributed by atoms with Crippen molar-refractivity contribution in [1.82, 2.24) is 0 Å². The maximum absolute atomic E-state index is 12.0. The third-order valence-electron chi connectivity index (χ3n) is 4.11. The van der Waals surface area contributed by atoms with Gasteiger partial charge in [0.05, 0.1) is 5.41 Å². The van der Waals surface area contributed by atoms with Crippen LogP contribution in [0.4, 0.5) is 0 Å². The van der Waals surface area contributed by atoms with E-state index in [1.165, 1.54) is 0 Å². The molecule has 0 saturated heterocycles. The van der Waals surface area contributed by atoms with Gasteiger partial charge < -0.3 is 0 Å². The van der Waals surface area contributed by atoms with E-state index in [0.717, 1.165) is 0 Å². The summed E-state index contributed by atoms with van der Waals surface area (Å²) >= 11 is 0. The Kier molecular flexibility index (Phi) is 8.34. The zero-order valence-electron chi connectivity index (χ0n) is 14.6. The Hall–Kier alpha value is -1.40. The van der Waals surface area contributed by atoms with Crippen LogP contribution in [0.2, 0.25) is 0 Å². The molecule has 0 fully saturated rings. The molecule has 0 rings (SSSR count). The zero-order chi connectivity index (χ0) is 23.6. The van der Waals surface area contributed by atoms with Crippen LogP contribution in [-0.4, -0.2) is 72.9 Å². The molecule has 0 bridgehead atoms. The second-order valence-electron chi connectivity index (χ2n) is 5.69. The molecule has 0 aliphatic rings. The first-order valence-electron chi connectivity index (χ1n) is 7.13. The largest absolute Gasteiger partial charge is 0.285 e. The molecule has 4 unspecified atom stereocenters. The van der Waals surface area contributed by atoms with Gasteiger partial charge in [-0.05, 0) is 0 Å². The second kappa shape index (κ2) is 8.76. The molecule has 0 aromatic rings. The molecule has 0 saturated carbocycles. The average Bonchev–Trinajstić information content (AvgIpc) is 2.43. The van der Waals surface area contributed by atoms with E-state index < -0.39 is 66.9 Å². The molecule has 4 N–H and O–H groups in total. The van der Waals surface area contributed by atoms with Crippen LogP contribution in [0, 0.1) is 5.41 Å². The fraction of sp³-hybridized carbons (Fsp3) is 0.385. The van der Waals surface area contributed by atoms with Crippen molar-refractivity contribution in [1.29, 1.82) is 0 Å². The minimum atomic E-state index is -5.61. The van der Waals surface area contributed by atoms with Crippen molar-refractivity contribution in [3.63, 3.8) is 0 Å². The van der Waals surface area contributed by atoms with Gasteiger partial charge in [0.25, 0.3) is 40.5 Å². The molecule has 0 heterocycles. The Bertz CT molecular complexity index is 915. The molecule has 0 aromatic carbocycles. The van der Waals surface area contributed by atoms with Gasteiger partial charge in [0.1, 0.15) is 21.0 Å². The van der Waals surface area contributed by atoms with Gasteiger partial charge in [0.15, 0.2) is 0 Å². The van der Waals surface area contributed by atoms with Crippen molar-refractivity contribution < 1.29 is 51.9 Å². The predicted octanol–water partition coefficient (Wildman–Crippen LogP) is -0.258. The normalized spacial score (nSPS) is 19.7. The van der Waals surface area contributed by atoms with Crippen LogP contribution in [-0.2, 0) is 40.5 Å². The first-order valence-corrected chi connectivity index (χ1v) is 13.1.